The van der Waals surface area contributed by atoms with Crippen molar-refractivity contribution >= 4 is 38.3 Å². The van der Waals surface area contributed by atoms with Crippen LogP contribution in [0.1, 0.15) is 26.3 Å². The Morgan fingerprint density at radius 3 is 2.69 bits per heavy atom. The predicted molar refractivity (Wildman–Crippen MR) is 140 cm³/mol. The lowest BCUT2D eigenvalue weighted by Crippen LogP contribution is -2.36. The molecule has 0 unspecified atom stereocenters. The molecule has 1 N–H and O–H groups in total. The summed E-state index contributed by atoms with van der Waals surface area (Å²) in [6.45, 7) is 10.5. The minimum Gasteiger partial charge on any atom is -0.444 e. The maximum Gasteiger partial charge on any atom is 0.412 e. The highest BCUT2D eigenvalue weighted by Crippen LogP contribution is 2.38. The van der Waals surface area contributed by atoms with E-state index in [0.717, 1.165) is 46.1 Å². The zero-order valence-corrected chi connectivity index (χ0v) is 21.2. The number of aryl methyl sites for hydroxylation is 1. The lowest BCUT2D eigenvalue weighted by Gasteiger charge is -2.29. The maximum atomic E-state index is 12.4. The number of amides is 1. The van der Waals surface area contributed by atoms with Gasteiger partial charge in [-0.25, -0.2) is 14.5 Å². The Hall–Kier alpha value is -3.43. The van der Waals surface area contributed by atoms with Crippen LogP contribution in [0, 0.1) is 6.92 Å². The van der Waals surface area contributed by atoms with E-state index >= 15 is 0 Å². The van der Waals surface area contributed by atoms with E-state index < -0.39 is 11.7 Å². The quantitative estimate of drug-likeness (QED) is 0.398. The number of aromatic nitrogens is 3. The van der Waals surface area contributed by atoms with Crippen LogP contribution in [0.25, 0.3) is 27.3 Å². The summed E-state index contributed by atoms with van der Waals surface area (Å²) in [5.74, 6) is 0.722. The number of nitrogens with one attached hydrogen (secondary N) is 1. The first-order valence-electron chi connectivity index (χ1n) is 11.7. The Morgan fingerprint density at radius 1 is 1.14 bits per heavy atom. The SMILES string of the molecule is Cc1cccc(-c2ccn(-c3cc(N4CCOCC4)c4sc(NC(=O)OC(C)(C)C)cc4n3)n2)c1. The zero-order chi connectivity index (χ0) is 24.6. The van der Waals surface area contributed by atoms with E-state index in [1.54, 1.807) is 4.68 Å². The first-order chi connectivity index (χ1) is 16.7. The monoisotopic (exact) mass is 491 g/mol. The van der Waals surface area contributed by atoms with Crippen molar-refractivity contribution in [3.63, 3.8) is 0 Å². The second-order valence-electron chi connectivity index (χ2n) is 9.57. The van der Waals surface area contributed by atoms with Gasteiger partial charge in [0.2, 0.25) is 0 Å². The fourth-order valence-electron chi connectivity index (χ4n) is 4.02. The van der Waals surface area contributed by atoms with Crippen LogP contribution < -0.4 is 10.2 Å². The number of ether oxygens (including phenoxy) is 2. The summed E-state index contributed by atoms with van der Waals surface area (Å²) < 4.78 is 13.8. The Labute approximate surface area is 208 Å². The van der Waals surface area contributed by atoms with Crippen LogP contribution in [-0.2, 0) is 9.47 Å². The number of benzene rings is 1. The number of thiophene rings is 1. The Morgan fingerprint density at radius 2 is 1.94 bits per heavy atom. The van der Waals surface area contributed by atoms with Gasteiger partial charge in [-0.15, -0.1) is 11.3 Å². The average molecular weight is 492 g/mol. The normalized spacial score (nSPS) is 14.3. The van der Waals surface area contributed by atoms with Crippen LogP contribution >= 0.6 is 11.3 Å². The van der Waals surface area contributed by atoms with Crippen molar-refractivity contribution in [1.29, 1.82) is 0 Å². The van der Waals surface area contributed by atoms with Gasteiger partial charge in [0.15, 0.2) is 5.82 Å². The van der Waals surface area contributed by atoms with Gasteiger partial charge >= 0.3 is 6.09 Å². The second kappa shape index (κ2) is 9.31. The van der Waals surface area contributed by atoms with Gasteiger partial charge in [0.25, 0.3) is 0 Å². The molecule has 5 rings (SSSR count). The van der Waals surface area contributed by atoms with E-state index in [2.05, 4.69) is 41.4 Å². The molecule has 0 spiro atoms. The molecule has 0 saturated carbocycles. The molecule has 0 bridgehead atoms. The lowest BCUT2D eigenvalue weighted by molar-refractivity contribution is 0.0636. The molecule has 1 saturated heterocycles. The van der Waals surface area contributed by atoms with E-state index in [9.17, 15) is 4.79 Å². The van der Waals surface area contributed by atoms with Crippen molar-refractivity contribution in [2.75, 3.05) is 36.5 Å². The number of carbonyl (C=O) groups is 1. The average Bonchev–Trinajstić information content (AvgIpc) is 3.45. The van der Waals surface area contributed by atoms with Gasteiger partial charge in [0, 0.05) is 30.9 Å². The van der Waals surface area contributed by atoms with Gasteiger partial charge in [-0.1, -0.05) is 23.8 Å². The minimum absolute atomic E-state index is 0.480. The number of morpholine rings is 1. The molecular weight excluding hydrogens is 462 g/mol. The maximum absolute atomic E-state index is 12.4. The summed E-state index contributed by atoms with van der Waals surface area (Å²) in [4.78, 5) is 19.5. The lowest BCUT2D eigenvalue weighted by atomic mass is 10.1. The summed E-state index contributed by atoms with van der Waals surface area (Å²) in [6.07, 6.45) is 1.45. The van der Waals surface area contributed by atoms with Crippen molar-refractivity contribution < 1.29 is 14.3 Å². The topological polar surface area (TPSA) is 81.5 Å². The minimum atomic E-state index is -0.569. The summed E-state index contributed by atoms with van der Waals surface area (Å²) in [7, 11) is 0. The molecule has 1 aromatic carbocycles. The molecule has 0 radical (unpaired) electrons. The first kappa shape index (κ1) is 23.3. The molecule has 182 valence electrons. The van der Waals surface area contributed by atoms with Crippen LogP contribution in [0.2, 0.25) is 0 Å². The fraction of sp³-hybridized carbons (Fsp3) is 0.346. The molecule has 9 heteroatoms. The van der Waals surface area contributed by atoms with E-state index in [-0.39, 0.29) is 0 Å². The summed E-state index contributed by atoms with van der Waals surface area (Å²) in [6, 6.07) is 14.2. The number of carbonyl (C=O) groups excluding carboxylic acids is 1. The third-order valence-electron chi connectivity index (χ3n) is 5.56. The number of pyridine rings is 1. The van der Waals surface area contributed by atoms with Crippen LogP contribution in [-0.4, -0.2) is 52.8 Å². The Bertz CT molecular complexity index is 1370. The smallest absolute Gasteiger partial charge is 0.412 e. The van der Waals surface area contributed by atoms with Gasteiger partial charge in [-0.2, -0.15) is 5.10 Å². The highest BCUT2D eigenvalue weighted by Gasteiger charge is 2.21. The van der Waals surface area contributed by atoms with Gasteiger partial charge in [0.05, 0.1) is 34.8 Å². The van der Waals surface area contributed by atoms with Gasteiger partial charge in [0.1, 0.15) is 10.6 Å². The number of fused-ring (bicyclic) bond motifs is 1. The summed E-state index contributed by atoms with van der Waals surface area (Å²) in [5.41, 5.74) is 4.43. The van der Waals surface area contributed by atoms with Crippen LogP contribution in [0.3, 0.4) is 0 Å². The Balaban J connectivity index is 1.53. The number of hydrogen-bond donors (Lipinski definition) is 1. The predicted octanol–water partition coefficient (Wildman–Crippen LogP) is 5.64. The molecule has 8 nitrogen and oxygen atoms in total. The third-order valence-corrected chi connectivity index (χ3v) is 6.62. The highest BCUT2D eigenvalue weighted by atomic mass is 32.1. The fourth-order valence-corrected chi connectivity index (χ4v) is 5.05. The molecule has 1 aliphatic rings. The molecule has 0 atom stereocenters. The molecule has 1 aliphatic heterocycles. The molecule has 3 aromatic heterocycles. The molecule has 4 heterocycles. The number of nitrogens with zero attached hydrogens (tertiary/aromatic N) is 4. The highest BCUT2D eigenvalue weighted by molar-refractivity contribution is 7.23. The van der Waals surface area contributed by atoms with Crippen LogP contribution in [0.5, 0.6) is 0 Å². The number of rotatable bonds is 4. The van der Waals surface area contributed by atoms with Gasteiger partial charge in [-0.3, -0.25) is 5.32 Å². The third kappa shape index (κ3) is 5.31. The standard InChI is InChI=1S/C26H29N5O3S/c1-17-6-5-7-18(14-17)19-8-9-31(29-19)22-16-21(30-10-12-33-13-11-30)24-20(27-22)15-23(35-24)28-25(32)34-26(2,3)4/h5-9,14-16H,10-13H2,1-4H3,(H,28,32). The van der Waals surface area contributed by atoms with Gasteiger partial charge in [-0.05, 0) is 45.9 Å². The zero-order valence-electron chi connectivity index (χ0n) is 20.4. The summed E-state index contributed by atoms with van der Waals surface area (Å²) >= 11 is 1.49. The van der Waals surface area contributed by atoms with E-state index in [1.807, 2.05) is 45.2 Å². The summed E-state index contributed by atoms with van der Waals surface area (Å²) in [5, 5.41) is 8.35. The van der Waals surface area contributed by atoms with Crippen LogP contribution in [0.15, 0.2) is 48.7 Å². The molecule has 1 fully saturated rings. The van der Waals surface area contributed by atoms with E-state index in [4.69, 9.17) is 19.6 Å². The van der Waals surface area contributed by atoms with E-state index in [0.29, 0.717) is 18.2 Å². The van der Waals surface area contributed by atoms with Crippen LogP contribution in [0.4, 0.5) is 15.5 Å². The molecule has 0 aliphatic carbocycles. The van der Waals surface area contributed by atoms with Crippen molar-refractivity contribution in [2.24, 2.45) is 0 Å². The van der Waals surface area contributed by atoms with Crippen molar-refractivity contribution in [3.05, 3.63) is 54.2 Å². The molecular formula is C26H29N5O3S. The van der Waals surface area contributed by atoms with Crippen molar-refractivity contribution in [3.8, 4) is 17.1 Å². The van der Waals surface area contributed by atoms with E-state index in [1.165, 1.54) is 16.9 Å². The second-order valence-corrected chi connectivity index (χ2v) is 10.6. The number of anilines is 2. The Kier molecular flexibility index (Phi) is 6.21. The van der Waals surface area contributed by atoms with Gasteiger partial charge < -0.3 is 14.4 Å². The van der Waals surface area contributed by atoms with Crippen molar-refractivity contribution in [1.82, 2.24) is 14.8 Å². The first-order valence-corrected chi connectivity index (χ1v) is 12.5. The molecule has 35 heavy (non-hydrogen) atoms. The molecule has 1 amide bonds. The largest absolute Gasteiger partial charge is 0.444 e. The van der Waals surface area contributed by atoms with Crippen molar-refractivity contribution in [2.45, 2.75) is 33.3 Å². The number of hydrogen-bond acceptors (Lipinski definition) is 7. The molecule has 4 aromatic rings.